The highest BCUT2D eigenvalue weighted by Crippen LogP contribution is 2.18. The molecule has 1 aliphatic rings. The van der Waals surface area contributed by atoms with Crippen LogP contribution in [-0.2, 0) is 6.42 Å². The lowest BCUT2D eigenvalue weighted by Gasteiger charge is -2.21. The third kappa shape index (κ3) is 2.92. The zero-order valence-electron chi connectivity index (χ0n) is 11.4. The van der Waals surface area contributed by atoms with Crippen LogP contribution in [0.3, 0.4) is 0 Å². The Morgan fingerprint density at radius 3 is 2.58 bits per heavy atom. The molecular weight excluding hydrogens is 244 g/mol. The number of aromatic amines is 1. The molecule has 1 aliphatic carbocycles. The summed E-state index contributed by atoms with van der Waals surface area (Å²) in [5, 5.41) is 2.73. The summed E-state index contributed by atoms with van der Waals surface area (Å²) in [6, 6.07) is 1.43. The van der Waals surface area contributed by atoms with Gasteiger partial charge in [0.1, 0.15) is 5.56 Å². The predicted octanol–water partition coefficient (Wildman–Crippen LogP) is 1.42. The summed E-state index contributed by atoms with van der Waals surface area (Å²) in [7, 11) is 0. The third-order valence-electron chi connectivity index (χ3n) is 2.99. The van der Waals surface area contributed by atoms with Crippen LogP contribution in [0.1, 0.15) is 60.0 Å². The molecule has 2 N–H and O–H groups in total. The summed E-state index contributed by atoms with van der Waals surface area (Å²) in [6.45, 7) is 5.51. The Balaban J connectivity index is 2.42. The molecule has 0 bridgehead atoms. The fraction of sp³-hybridized carbons (Fsp3) is 0.500. The molecule has 102 valence electrons. The Labute approximate surface area is 111 Å². The van der Waals surface area contributed by atoms with Crippen LogP contribution >= 0.6 is 0 Å². The van der Waals surface area contributed by atoms with E-state index in [1.807, 2.05) is 20.8 Å². The van der Waals surface area contributed by atoms with E-state index >= 15 is 0 Å². The SMILES string of the molecule is CC(C)(C)NC(=O)c1cc2c([nH]c1=O)CCCC2=O. The molecule has 1 aromatic heterocycles. The number of amides is 1. The van der Waals surface area contributed by atoms with Crippen LogP contribution in [0.4, 0.5) is 0 Å². The molecule has 5 heteroatoms. The Kier molecular flexibility index (Phi) is 3.30. The Morgan fingerprint density at radius 1 is 1.26 bits per heavy atom. The van der Waals surface area contributed by atoms with Gasteiger partial charge < -0.3 is 10.3 Å². The van der Waals surface area contributed by atoms with E-state index in [0.717, 1.165) is 6.42 Å². The van der Waals surface area contributed by atoms with E-state index in [1.54, 1.807) is 0 Å². The lowest BCUT2D eigenvalue weighted by Crippen LogP contribution is -2.43. The summed E-state index contributed by atoms with van der Waals surface area (Å²) in [5.41, 5.74) is 0.265. The minimum absolute atomic E-state index is 0.00363. The Bertz CT molecular complexity index is 594. The van der Waals surface area contributed by atoms with Gasteiger partial charge in [-0.15, -0.1) is 0 Å². The van der Waals surface area contributed by atoms with Gasteiger partial charge in [-0.2, -0.15) is 0 Å². The summed E-state index contributed by atoms with van der Waals surface area (Å²) in [4.78, 5) is 38.4. The van der Waals surface area contributed by atoms with E-state index in [-0.39, 0.29) is 11.3 Å². The molecular formula is C14H18N2O3. The van der Waals surface area contributed by atoms with Crippen molar-refractivity contribution in [2.75, 3.05) is 0 Å². The molecule has 1 aromatic rings. The smallest absolute Gasteiger partial charge is 0.261 e. The lowest BCUT2D eigenvalue weighted by molar-refractivity contribution is 0.0918. The molecule has 1 heterocycles. The topological polar surface area (TPSA) is 79.0 Å². The summed E-state index contributed by atoms with van der Waals surface area (Å²) >= 11 is 0. The van der Waals surface area contributed by atoms with E-state index in [0.29, 0.717) is 24.1 Å². The second kappa shape index (κ2) is 4.64. The molecule has 0 atom stereocenters. The molecule has 2 rings (SSSR count). The number of aromatic nitrogens is 1. The highest BCUT2D eigenvalue weighted by molar-refractivity contribution is 6.01. The van der Waals surface area contributed by atoms with E-state index in [9.17, 15) is 14.4 Å². The maximum absolute atomic E-state index is 12.0. The molecule has 5 nitrogen and oxygen atoms in total. The van der Waals surface area contributed by atoms with E-state index < -0.39 is 17.0 Å². The second-order valence-electron chi connectivity index (χ2n) is 5.89. The van der Waals surface area contributed by atoms with Crippen molar-refractivity contribution >= 4 is 11.7 Å². The number of carbonyl (C=O) groups excluding carboxylic acids is 2. The van der Waals surface area contributed by atoms with Gasteiger partial charge in [-0.25, -0.2) is 0 Å². The van der Waals surface area contributed by atoms with Crippen molar-refractivity contribution < 1.29 is 9.59 Å². The maximum Gasteiger partial charge on any atom is 0.261 e. The third-order valence-corrected chi connectivity index (χ3v) is 2.99. The molecule has 0 saturated heterocycles. The number of hydrogen-bond donors (Lipinski definition) is 2. The fourth-order valence-corrected chi connectivity index (χ4v) is 2.15. The van der Waals surface area contributed by atoms with Crippen molar-refractivity contribution in [3.8, 4) is 0 Å². The summed E-state index contributed by atoms with van der Waals surface area (Å²) < 4.78 is 0. The highest BCUT2D eigenvalue weighted by Gasteiger charge is 2.23. The van der Waals surface area contributed by atoms with Crippen LogP contribution in [0, 0.1) is 0 Å². The standard InChI is InChI=1S/C14H18N2O3/c1-14(2,3)16-13(19)9-7-8-10(15-12(9)18)5-4-6-11(8)17/h7H,4-6H2,1-3H3,(H,15,18)(H,16,19). The zero-order valence-corrected chi connectivity index (χ0v) is 11.4. The average Bonchev–Trinajstić information content (AvgIpc) is 2.26. The number of ketones is 1. The van der Waals surface area contributed by atoms with E-state index in [1.165, 1.54) is 6.07 Å². The number of hydrogen-bond acceptors (Lipinski definition) is 3. The van der Waals surface area contributed by atoms with Crippen LogP contribution in [0.15, 0.2) is 10.9 Å². The zero-order chi connectivity index (χ0) is 14.2. The molecule has 0 aromatic carbocycles. The number of fused-ring (bicyclic) bond motifs is 1. The largest absolute Gasteiger partial charge is 0.347 e. The normalized spacial score (nSPS) is 15.0. The fourth-order valence-electron chi connectivity index (χ4n) is 2.15. The second-order valence-corrected chi connectivity index (χ2v) is 5.89. The molecule has 0 radical (unpaired) electrons. The summed E-state index contributed by atoms with van der Waals surface area (Å²) in [6.07, 6.45) is 1.90. The number of nitrogens with one attached hydrogen (secondary N) is 2. The first-order valence-corrected chi connectivity index (χ1v) is 6.40. The van der Waals surface area contributed by atoms with Crippen molar-refractivity contribution in [3.63, 3.8) is 0 Å². The van der Waals surface area contributed by atoms with Gasteiger partial charge in [-0.05, 0) is 39.7 Å². The number of Topliss-reactive ketones (excluding diaryl/α,β-unsaturated/α-hetero) is 1. The Hall–Kier alpha value is -1.91. The lowest BCUT2D eigenvalue weighted by atomic mass is 9.93. The van der Waals surface area contributed by atoms with Gasteiger partial charge in [0.25, 0.3) is 11.5 Å². The number of aryl methyl sites for hydroxylation is 1. The Morgan fingerprint density at radius 2 is 1.95 bits per heavy atom. The van der Waals surface area contributed by atoms with Crippen LogP contribution < -0.4 is 10.9 Å². The van der Waals surface area contributed by atoms with Gasteiger partial charge in [-0.1, -0.05) is 0 Å². The first-order chi connectivity index (χ1) is 8.78. The van der Waals surface area contributed by atoms with Crippen molar-refractivity contribution in [1.29, 1.82) is 0 Å². The van der Waals surface area contributed by atoms with Gasteiger partial charge in [0, 0.05) is 23.2 Å². The van der Waals surface area contributed by atoms with Crippen LogP contribution in [0.2, 0.25) is 0 Å². The maximum atomic E-state index is 12.0. The monoisotopic (exact) mass is 262 g/mol. The molecule has 0 unspecified atom stereocenters. The van der Waals surface area contributed by atoms with Gasteiger partial charge >= 0.3 is 0 Å². The van der Waals surface area contributed by atoms with Crippen LogP contribution in [0.5, 0.6) is 0 Å². The number of H-pyrrole nitrogens is 1. The van der Waals surface area contributed by atoms with Crippen molar-refractivity contribution in [3.05, 3.63) is 33.2 Å². The number of rotatable bonds is 1. The first-order valence-electron chi connectivity index (χ1n) is 6.40. The van der Waals surface area contributed by atoms with Gasteiger partial charge in [0.15, 0.2) is 5.78 Å². The minimum atomic E-state index is -0.449. The quantitative estimate of drug-likeness (QED) is 0.803. The predicted molar refractivity (Wildman–Crippen MR) is 71.6 cm³/mol. The molecule has 0 aliphatic heterocycles. The van der Waals surface area contributed by atoms with Crippen LogP contribution in [0.25, 0.3) is 0 Å². The van der Waals surface area contributed by atoms with Crippen LogP contribution in [-0.4, -0.2) is 22.2 Å². The van der Waals surface area contributed by atoms with Gasteiger partial charge in [0.2, 0.25) is 0 Å². The average molecular weight is 262 g/mol. The molecule has 0 saturated carbocycles. The number of carbonyl (C=O) groups is 2. The summed E-state index contributed by atoms with van der Waals surface area (Å²) in [5.74, 6) is -0.461. The highest BCUT2D eigenvalue weighted by atomic mass is 16.2. The molecule has 1 amide bonds. The molecule has 19 heavy (non-hydrogen) atoms. The van der Waals surface area contributed by atoms with Gasteiger partial charge in [-0.3, -0.25) is 14.4 Å². The van der Waals surface area contributed by atoms with Crippen molar-refractivity contribution in [2.45, 2.75) is 45.6 Å². The van der Waals surface area contributed by atoms with E-state index in [4.69, 9.17) is 0 Å². The van der Waals surface area contributed by atoms with Crippen molar-refractivity contribution in [1.82, 2.24) is 10.3 Å². The first kappa shape index (κ1) is 13.5. The molecule has 0 spiro atoms. The number of pyridine rings is 1. The van der Waals surface area contributed by atoms with Crippen molar-refractivity contribution in [2.24, 2.45) is 0 Å². The van der Waals surface area contributed by atoms with E-state index in [2.05, 4.69) is 10.3 Å². The minimum Gasteiger partial charge on any atom is -0.347 e. The van der Waals surface area contributed by atoms with Gasteiger partial charge in [0.05, 0.1) is 0 Å². The molecule has 0 fully saturated rings.